The Kier molecular flexibility index (Phi) is 5.46. The van der Waals surface area contributed by atoms with E-state index >= 15 is 0 Å². The highest BCUT2D eigenvalue weighted by molar-refractivity contribution is 5.38. The molecule has 0 heterocycles. The Balaban J connectivity index is 2.64. The van der Waals surface area contributed by atoms with Crippen molar-refractivity contribution in [1.82, 2.24) is 0 Å². The van der Waals surface area contributed by atoms with E-state index in [-0.39, 0.29) is 35.2 Å². The second kappa shape index (κ2) is 6.81. The first-order valence-electron chi connectivity index (χ1n) is 9.28. The maximum atomic E-state index is 11.0. The van der Waals surface area contributed by atoms with Gasteiger partial charge in [0.15, 0.2) is 5.76 Å². The number of allylic oxidation sites excluding steroid dienone is 2. The van der Waals surface area contributed by atoms with Crippen molar-refractivity contribution in [3.05, 3.63) is 35.3 Å². The van der Waals surface area contributed by atoms with Gasteiger partial charge in [-0.1, -0.05) is 47.6 Å². The van der Waals surface area contributed by atoms with E-state index in [2.05, 4.69) is 20.4 Å². The maximum absolute atomic E-state index is 11.0. The van der Waals surface area contributed by atoms with Crippen LogP contribution in [0.25, 0.3) is 0 Å². The predicted octanol–water partition coefficient (Wildman–Crippen LogP) is 4.41. The monoisotopic (exact) mass is 350 g/mol. The van der Waals surface area contributed by atoms with E-state index in [1.807, 2.05) is 20.8 Å². The van der Waals surface area contributed by atoms with Gasteiger partial charge in [0.2, 0.25) is 0 Å². The minimum Gasteiger partial charge on any atom is -0.508 e. The summed E-state index contributed by atoms with van der Waals surface area (Å²) in [7, 11) is 0. The molecule has 0 amide bonds. The molecule has 4 nitrogen and oxygen atoms in total. The third-order valence-corrected chi connectivity index (χ3v) is 6.29. The van der Waals surface area contributed by atoms with Gasteiger partial charge in [-0.3, -0.25) is 0 Å². The largest absolute Gasteiger partial charge is 0.508 e. The summed E-state index contributed by atoms with van der Waals surface area (Å²) in [5.41, 5.74) is 0.292. The van der Waals surface area contributed by atoms with E-state index in [1.165, 1.54) is 0 Å². The Labute approximate surface area is 151 Å². The highest BCUT2D eigenvalue weighted by atomic mass is 16.3. The lowest BCUT2D eigenvalue weighted by Gasteiger charge is -2.53. The van der Waals surface area contributed by atoms with Crippen LogP contribution in [0.1, 0.15) is 60.3 Å². The van der Waals surface area contributed by atoms with Gasteiger partial charge in [-0.05, 0) is 47.2 Å². The smallest absolute Gasteiger partial charge is 0.156 e. The maximum Gasteiger partial charge on any atom is 0.156 e. The van der Waals surface area contributed by atoms with Crippen molar-refractivity contribution in [1.29, 1.82) is 0 Å². The van der Waals surface area contributed by atoms with Gasteiger partial charge in [0, 0.05) is 12.0 Å². The minimum atomic E-state index is -1.09. The molecule has 2 aliphatic rings. The van der Waals surface area contributed by atoms with E-state index in [4.69, 9.17) is 0 Å². The number of hydrogen-bond acceptors (Lipinski definition) is 4. The molecule has 0 aliphatic heterocycles. The number of fused-ring (bicyclic) bond motifs is 1. The fourth-order valence-corrected chi connectivity index (χ4v) is 5.10. The Hall–Kier alpha value is -1.26. The first-order chi connectivity index (χ1) is 11.4. The number of hydrogen-bond donors (Lipinski definition) is 4. The summed E-state index contributed by atoms with van der Waals surface area (Å²) in [5.74, 6) is -0.428. The van der Waals surface area contributed by atoms with Gasteiger partial charge in [0.05, 0.1) is 6.10 Å². The third-order valence-electron chi connectivity index (χ3n) is 6.29. The fraction of sp³-hybridized carbons (Fsp3) is 0.714. The highest BCUT2D eigenvalue weighted by Crippen LogP contribution is 2.56. The molecule has 0 spiro atoms. The van der Waals surface area contributed by atoms with Crippen LogP contribution in [-0.4, -0.2) is 32.6 Å². The molecular formula is C21H34O4. The topological polar surface area (TPSA) is 80.9 Å². The number of rotatable bonds is 1. The van der Waals surface area contributed by atoms with Crippen molar-refractivity contribution in [2.75, 3.05) is 0 Å². The zero-order valence-corrected chi connectivity index (χ0v) is 16.2. The summed E-state index contributed by atoms with van der Waals surface area (Å²) in [6.07, 6.45) is 2.59. The molecule has 0 aromatic heterocycles. The van der Waals surface area contributed by atoms with Crippen LogP contribution in [-0.2, 0) is 0 Å². The van der Waals surface area contributed by atoms with Crippen LogP contribution in [0, 0.1) is 22.7 Å². The lowest BCUT2D eigenvalue weighted by molar-refractivity contribution is -0.117. The average molecular weight is 350 g/mol. The van der Waals surface area contributed by atoms with Crippen LogP contribution in [0.4, 0.5) is 0 Å². The molecule has 25 heavy (non-hydrogen) atoms. The molecule has 0 aromatic rings. The lowest BCUT2D eigenvalue weighted by atomic mass is 9.52. The van der Waals surface area contributed by atoms with E-state index in [0.29, 0.717) is 11.1 Å². The number of aliphatic hydroxyl groups excluding tert-OH is 4. The van der Waals surface area contributed by atoms with Gasteiger partial charge in [0.25, 0.3) is 0 Å². The molecule has 1 saturated carbocycles. The molecule has 0 saturated heterocycles. The molecule has 4 N–H and O–H groups in total. The van der Waals surface area contributed by atoms with E-state index in [9.17, 15) is 20.4 Å². The normalized spacial score (nSPS) is 41.8. The minimum absolute atomic E-state index is 0.0402. The van der Waals surface area contributed by atoms with Crippen LogP contribution in [0.15, 0.2) is 35.3 Å². The van der Waals surface area contributed by atoms with Crippen LogP contribution < -0.4 is 0 Å². The summed E-state index contributed by atoms with van der Waals surface area (Å²) in [6.45, 7) is 14.0. The summed E-state index contributed by atoms with van der Waals surface area (Å²) in [5, 5.41) is 43.1. The Morgan fingerprint density at radius 3 is 2.28 bits per heavy atom. The number of aliphatic hydroxyl groups is 4. The summed E-state index contributed by atoms with van der Waals surface area (Å²) in [6, 6.07) is 0. The van der Waals surface area contributed by atoms with Crippen LogP contribution in [0.2, 0.25) is 0 Å². The van der Waals surface area contributed by atoms with E-state index in [1.54, 1.807) is 6.08 Å². The summed E-state index contributed by atoms with van der Waals surface area (Å²) >= 11 is 0. The lowest BCUT2D eigenvalue weighted by Crippen LogP contribution is -2.52. The zero-order valence-electron chi connectivity index (χ0n) is 16.2. The standard InChI is InChI=1S/C21H34O4/c1-12(2)14-10-13(3)16(23)18(25)19-20(4,5)8-7-9-21(19,6)11-15(22)17(14)24/h10,12,16,18-19,22-25H,3,7-9,11H2,1-2,4-6H3/b14-10-,17-15-/t16-,18+,19-,21+/m0/s1. The van der Waals surface area contributed by atoms with Gasteiger partial charge >= 0.3 is 0 Å². The van der Waals surface area contributed by atoms with Crippen LogP contribution in [0.3, 0.4) is 0 Å². The summed E-state index contributed by atoms with van der Waals surface area (Å²) < 4.78 is 0. The van der Waals surface area contributed by atoms with Crippen molar-refractivity contribution in [2.45, 2.75) is 72.5 Å². The quantitative estimate of drug-likeness (QED) is 0.565. The SMILES string of the molecule is C=C1/C=C(C(C)C)\C(O)=C(\O)C[C@@]2(C)CCCC(C)(C)[C@@H]2[C@H](O)[C@H]1O. The van der Waals surface area contributed by atoms with Gasteiger partial charge in [-0.25, -0.2) is 0 Å². The van der Waals surface area contributed by atoms with Crippen LogP contribution >= 0.6 is 0 Å². The molecule has 0 unspecified atom stereocenters. The van der Waals surface area contributed by atoms with Crippen molar-refractivity contribution >= 4 is 0 Å². The molecule has 1 fully saturated rings. The zero-order chi connectivity index (χ0) is 19.2. The Morgan fingerprint density at radius 1 is 1.12 bits per heavy atom. The molecule has 0 radical (unpaired) electrons. The van der Waals surface area contributed by atoms with Gasteiger partial charge < -0.3 is 20.4 Å². The van der Waals surface area contributed by atoms with Gasteiger partial charge in [0.1, 0.15) is 11.9 Å². The van der Waals surface area contributed by atoms with Gasteiger partial charge in [-0.15, -0.1) is 0 Å². The first-order valence-corrected chi connectivity index (χ1v) is 9.28. The van der Waals surface area contributed by atoms with Crippen molar-refractivity contribution in [2.24, 2.45) is 22.7 Å². The van der Waals surface area contributed by atoms with Crippen molar-refractivity contribution in [3.8, 4) is 0 Å². The fourth-order valence-electron chi connectivity index (χ4n) is 5.10. The molecular weight excluding hydrogens is 316 g/mol. The Morgan fingerprint density at radius 2 is 1.72 bits per heavy atom. The molecule has 0 bridgehead atoms. The van der Waals surface area contributed by atoms with Gasteiger partial charge in [-0.2, -0.15) is 0 Å². The van der Waals surface area contributed by atoms with Crippen molar-refractivity contribution < 1.29 is 20.4 Å². The third kappa shape index (κ3) is 3.65. The second-order valence-electron chi connectivity index (χ2n) is 9.21. The molecule has 0 aromatic carbocycles. The summed E-state index contributed by atoms with van der Waals surface area (Å²) in [4.78, 5) is 0. The van der Waals surface area contributed by atoms with Crippen molar-refractivity contribution in [3.63, 3.8) is 0 Å². The molecule has 4 heteroatoms. The second-order valence-corrected chi connectivity index (χ2v) is 9.21. The first kappa shape index (κ1) is 20.1. The highest BCUT2D eigenvalue weighted by Gasteiger charge is 2.52. The average Bonchev–Trinajstić information content (AvgIpc) is 2.48. The Bertz CT molecular complexity index is 599. The predicted molar refractivity (Wildman–Crippen MR) is 100 cm³/mol. The van der Waals surface area contributed by atoms with Crippen LogP contribution in [0.5, 0.6) is 0 Å². The molecule has 4 atom stereocenters. The van der Waals surface area contributed by atoms with E-state index < -0.39 is 17.6 Å². The van der Waals surface area contributed by atoms with E-state index in [0.717, 1.165) is 19.3 Å². The molecule has 142 valence electrons. The molecule has 2 aliphatic carbocycles. The molecule has 2 rings (SSSR count).